The molecule has 0 saturated carbocycles. The van der Waals surface area contributed by atoms with Crippen molar-refractivity contribution < 1.29 is 0 Å². The average Bonchev–Trinajstić information content (AvgIpc) is 2.82. The molecule has 2 aromatic heterocycles. The van der Waals surface area contributed by atoms with Gasteiger partial charge in [0.15, 0.2) is 5.82 Å². The number of H-pyrrole nitrogens is 1. The minimum absolute atomic E-state index is 0.139. The topological polar surface area (TPSA) is 63.0 Å². The van der Waals surface area contributed by atoms with E-state index in [0.717, 1.165) is 15.9 Å². The van der Waals surface area contributed by atoms with E-state index in [1.165, 1.54) is 4.68 Å². The second-order valence-corrected chi connectivity index (χ2v) is 5.63. The van der Waals surface area contributed by atoms with Gasteiger partial charge in [-0.15, -0.1) is 0 Å². The second kappa shape index (κ2) is 6.11. The molecule has 0 unspecified atom stereocenters. The van der Waals surface area contributed by atoms with Gasteiger partial charge in [-0.05, 0) is 43.3 Å². The first kappa shape index (κ1) is 14.5. The largest absolute Gasteiger partial charge is 0.295 e. The van der Waals surface area contributed by atoms with Gasteiger partial charge < -0.3 is 0 Å². The van der Waals surface area contributed by atoms with Crippen LogP contribution in [0.1, 0.15) is 11.3 Å². The van der Waals surface area contributed by atoms with Crippen LogP contribution in [0.5, 0.6) is 0 Å². The number of nitrogens with zero attached hydrogens (tertiary/aromatic N) is 3. The Labute approximate surface area is 135 Å². The van der Waals surface area contributed by atoms with Crippen molar-refractivity contribution in [3.05, 3.63) is 74.7 Å². The summed E-state index contributed by atoms with van der Waals surface area (Å²) in [4.78, 5) is 20.9. The second-order valence-electron chi connectivity index (χ2n) is 4.71. The lowest BCUT2D eigenvalue weighted by molar-refractivity contribution is 0.835. The van der Waals surface area contributed by atoms with Gasteiger partial charge in [0, 0.05) is 22.6 Å². The summed E-state index contributed by atoms with van der Waals surface area (Å²) in [5.74, 6) is 0.567. The zero-order valence-corrected chi connectivity index (χ0v) is 13.4. The molecule has 0 aliphatic heterocycles. The van der Waals surface area contributed by atoms with E-state index in [0.29, 0.717) is 11.4 Å². The van der Waals surface area contributed by atoms with E-state index < -0.39 is 0 Å². The molecule has 0 spiro atoms. The first-order chi connectivity index (χ1) is 10.6. The fourth-order valence-electron chi connectivity index (χ4n) is 2.04. The van der Waals surface area contributed by atoms with Gasteiger partial charge in [0.2, 0.25) is 0 Å². The lowest BCUT2D eigenvalue weighted by Crippen LogP contribution is -2.17. The quantitative estimate of drug-likeness (QED) is 0.731. The van der Waals surface area contributed by atoms with E-state index in [-0.39, 0.29) is 5.56 Å². The highest BCUT2D eigenvalue weighted by Gasteiger charge is 2.10. The number of halogens is 1. The Balaban J connectivity index is 1.99. The van der Waals surface area contributed by atoms with Crippen molar-refractivity contribution >= 4 is 28.0 Å². The van der Waals surface area contributed by atoms with Crippen molar-refractivity contribution in [2.75, 3.05) is 0 Å². The van der Waals surface area contributed by atoms with Crippen LogP contribution >= 0.6 is 15.9 Å². The van der Waals surface area contributed by atoms with Crippen LogP contribution in [-0.2, 0) is 0 Å². The molecule has 0 amide bonds. The van der Waals surface area contributed by atoms with E-state index >= 15 is 0 Å². The molecule has 3 aromatic rings. The molecule has 0 bridgehead atoms. The highest BCUT2D eigenvalue weighted by Crippen LogP contribution is 2.13. The van der Waals surface area contributed by atoms with Crippen LogP contribution in [0.25, 0.3) is 5.69 Å². The molecule has 6 heteroatoms. The maximum absolute atomic E-state index is 12.5. The van der Waals surface area contributed by atoms with Gasteiger partial charge in [-0.1, -0.05) is 22.0 Å². The predicted molar refractivity (Wildman–Crippen MR) is 90.3 cm³/mol. The minimum Gasteiger partial charge on any atom is -0.295 e. The Morgan fingerprint density at radius 2 is 2.00 bits per heavy atom. The zero-order chi connectivity index (χ0) is 15.5. The number of benzene rings is 1. The van der Waals surface area contributed by atoms with Crippen molar-refractivity contribution in [1.82, 2.24) is 14.8 Å². The first-order valence-electron chi connectivity index (χ1n) is 6.68. The molecule has 0 atom stereocenters. The summed E-state index contributed by atoms with van der Waals surface area (Å²) in [5.41, 5.74) is 1.91. The molecule has 1 N–H and O–H groups in total. The van der Waals surface area contributed by atoms with Crippen LogP contribution < -0.4 is 5.56 Å². The Kier molecular flexibility index (Phi) is 4.02. The maximum atomic E-state index is 12.5. The minimum atomic E-state index is -0.139. The molecule has 3 rings (SSSR count). The smallest absolute Gasteiger partial charge is 0.280 e. The molecule has 22 heavy (non-hydrogen) atoms. The Morgan fingerprint density at radius 1 is 1.23 bits per heavy atom. The summed E-state index contributed by atoms with van der Waals surface area (Å²) >= 11 is 3.38. The number of aromatic nitrogens is 3. The summed E-state index contributed by atoms with van der Waals surface area (Å²) in [7, 11) is 0. The molecular weight excluding hydrogens is 344 g/mol. The van der Waals surface area contributed by atoms with Crippen molar-refractivity contribution in [1.29, 1.82) is 0 Å². The molecule has 0 fully saturated rings. The van der Waals surface area contributed by atoms with Gasteiger partial charge in [0.1, 0.15) is 0 Å². The van der Waals surface area contributed by atoms with E-state index in [2.05, 4.69) is 31.0 Å². The molecule has 5 nitrogen and oxygen atoms in total. The first-order valence-corrected chi connectivity index (χ1v) is 7.47. The molecular formula is C16H13BrN4O. The van der Waals surface area contributed by atoms with Crippen LogP contribution in [-0.4, -0.2) is 21.0 Å². The maximum Gasteiger partial charge on any atom is 0.280 e. The third kappa shape index (κ3) is 2.92. The number of hydrogen-bond donors (Lipinski definition) is 1. The van der Waals surface area contributed by atoms with Gasteiger partial charge in [0.25, 0.3) is 5.56 Å². The number of rotatable bonds is 3. The van der Waals surface area contributed by atoms with Crippen LogP contribution in [0.15, 0.2) is 62.9 Å². The molecule has 1 aromatic carbocycles. The molecule has 2 heterocycles. The lowest BCUT2D eigenvalue weighted by Gasteiger charge is -2.00. The van der Waals surface area contributed by atoms with Gasteiger partial charge in [-0.3, -0.25) is 9.89 Å². The highest BCUT2D eigenvalue weighted by molar-refractivity contribution is 9.10. The van der Waals surface area contributed by atoms with Crippen molar-refractivity contribution in [2.45, 2.75) is 6.92 Å². The van der Waals surface area contributed by atoms with Crippen LogP contribution in [0.4, 0.5) is 5.82 Å². The fraction of sp³-hybridized carbons (Fsp3) is 0.0625. The number of pyridine rings is 1. The molecule has 0 radical (unpaired) electrons. The number of nitrogens with one attached hydrogen (secondary N) is 1. The van der Waals surface area contributed by atoms with Gasteiger partial charge >= 0.3 is 0 Å². The molecule has 0 aliphatic rings. The Bertz CT molecular complexity index is 863. The van der Waals surface area contributed by atoms with Crippen molar-refractivity contribution in [3.63, 3.8) is 0 Å². The van der Waals surface area contributed by atoms with Gasteiger partial charge in [-0.2, -0.15) is 0 Å². The number of aromatic amines is 1. The lowest BCUT2D eigenvalue weighted by atomic mass is 10.3. The summed E-state index contributed by atoms with van der Waals surface area (Å²) < 4.78 is 2.46. The van der Waals surface area contributed by atoms with Crippen LogP contribution in [0, 0.1) is 6.92 Å². The standard InChI is InChI=1S/C16H13BrN4O/c1-11-14(10-19-15-4-2-3-9-18-15)16(22)21(20-11)13-7-5-12(17)6-8-13/h2-10,20H,1H3/b19-10+. The number of hydrogen-bond acceptors (Lipinski definition) is 3. The summed E-state index contributed by atoms with van der Waals surface area (Å²) in [5, 5.41) is 3.06. The van der Waals surface area contributed by atoms with Gasteiger partial charge in [0.05, 0.1) is 11.3 Å². The summed E-state index contributed by atoms with van der Waals surface area (Å²) in [6, 6.07) is 13.0. The zero-order valence-electron chi connectivity index (χ0n) is 11.8. The van der Waals surface area contributed by atoms with E-state index in [9.17, 15) is 4.79 Å². The van der Waals surface area contributed by atoms with E-state index in [4.69, 9.17) is 0 Å². The third-order valence-electron chi connectivity index (χ3n) is 3.18. The monoisotopic (exact) mass is 356 g/mol. The van der Waals surface area contributed by atoms with Gasteiger partial charge in [-0.25, -0.2) is 14.7 Å². The summed E-state index contributed by atoms with van der Waals surface area (Å²) in [6.45, 7) is 1.84. The van der Waals surface area contributed by atoms with Crippen LogP contribution in [0.3, 0.4) is 0 Å². The molecule has 0 saturated heterocycles. The SMILES string of the molecule is Cc1[nH]n(-c2ccc(Br)cc2)c(=O)c1/C=N/c1ccccn1. The van der Waals surface area contributed by atoms with Crippen molar-refractivity contribution in [3.8, 4) is 5.69 Å². The molecule has 0 aliphatic carbocycles. The Morgan fingerprint density at radius 3 is 2.68 bits per heavy atom. The highest BCUT2D eigenvalue weighted by atomic mass is 79.9. The molecule has 110 valence electrons. The van der Waals surface area contributed by atoms with E-state index in [1.807, 2.05) is 43.3 Å². The van der Waals surface area contributed by atoms with Crippen molar-refractivity contribution in [2.24, 2.45) is 4.99 Å². The number of aryl methyl sites for hydroxylation is 1. The fourth-order valence-corrected chi connectivity index (χ4v) is 2.31. The normalized spacial score (nSPS) is 11.2. The van der Waals surface area contributed by atoms with E-state index in [1.54, 1.807) is 18.5 Å². The number of aliphatic imine (C=N–C) groups is 1. The third-order valence-corrected chi connectivity index (χ3v) is 3.71. The average molecular weight is 357 g/mol. The van der Waals surface area contributed by atoms with Crippen LogP contribution in [0.2, 0.25) is 0 Å². The Hall–Kier alpha value is -2.47. The summed E-state index contributed by atoms with van der Waals surface area (Å²) in [6.07, 6.45) is 3.21. The predicted octanol–water partition coefficient (Wildman–Crippen LogP) is 3.38.